The van der Waals surface area contributed by atoms with E-state index >= 15 is 39.5 Å². The largest absolute Gasteiger partial charge is 0.459 e. The lowest BCUT2D eigenvalue weighted by Crippen LogP contribution is -2.55. The Morgan fingerprint density at radius 2 is 0.961 bits per heavy atom. The maximum Gasteiger partial charge on any atom is 0.432 e. The Kier molecular flexibility index (Phi) is 17.6. The fourth-order valence-corrected chi connectivity index (χ4v) is 8.66. The molecule has 2 N–H and O–H groups in total. The van der Waals surface area contributed by atoms with E-state index in [2.05, 4.69) is 5.32 Å². The summed E-state index contributed by atoms with van der Waals surface area (Å²) in [7, 11) is 1.60. The summed E-state index contributed by atoms with van der Waals surface area (Å²) < 4.78 is 173. The topological polar surface area (TPSA) is 191 Å². The minimum absolute atomic E-state index is 0.341. The highest BCUT2D eigenvalue weighted by Crippen LogP contribution is 2.47. The molecule has 77 heavy (non-hydrogen) atoms. The van der Waals surface area contributed by atoms with Crippen molar-refractivity contribution in [3.63, 3.8) is 0 Å². The summed E-state index contributed by atoms with van der Waals surface area (Å²) in [5.41, 5.74) is -15.9. The molecule has 24 heteroatoms. The number of alkyl halides is 9. The number of anilines is 1. The fourth-order valence-electron chi connectivity index (χ4n) is 8.66. The van der Waals surface area contributed by atoms with Crippen LogP contribution in [0.15, 0.2) is 140 Å². The maximum absolute atomic E-state index is 15.2. The first kappa shape index (κ1) is 58.4. The van der Waals surface area contributed by atoms with Gasteiger partial charge in [-0.05, 0) is 38.0 Å². The van der Waals surface area contributed by atoms with Crippen molar-refractivity contribution < 1.29 is 101 Å². The van der Waals surface area contributed by atoms with E-state index in [0.29, 0.717) is 26.9 Å². The number of cyclic esters (lactones) is 2. The SMILES string of the molecule is CO[C@](C(=O)Nc1cccc(C(=O)N[C@@H]2C(=O)O[C@@H](C)[C@H](OC(=O)[C@@](OC)(c3ccccc3)C(F)(F)F)[C@@H](Cc3ccccc3)C(=O)O[C@@H]2C)c1OC(=O)[C@@](OC)(c1ccccc1)C(F)(F)F)(c1ccccc1)C(F)(F)F. The Morgan fingerprint density at radius 1 is 0.532 bits per heavy atom. The summed E-state index contributed by atoms with van der Waals surface area (Å²) in [4.78, 5) is 85.5. The van der Waals surface area contributed by atoms with E-state index in [-0.39, 0.29) is 0 Å². The number of hydrogen-bond donors (Lipinski definition) is 2. The molecule has 1 fully saturated rings. The first-order valence-electron chi connectivity index (χ1n) is 22.9. The minimum atomic E-state index is -5.68. The lowest BCUT2D eigenvalue weighted by atomic mass is 9.89. The molecule has 6 rings (SSSR count). The number of para-hydroxylation sites is 1. The van der Waals surface area contributed by atoms with Crippen molar-refractivity contribution in [1.29, 1.82) is 0 Å². The van der Waals surface area contributed by atoms with Crippen LogP contribution in [-0.4, -0.2) is 99.9 Å². The second-order valence-electron chi connectivity index (χ2n) is 17.2. The Hall–Kier alpha value is -7.83. The molecule has 5 aromatic carbocycles. The number of esters is 4. The van der Waals surface area contributed by atoms with Gasteiger partial charge >= 0.3 is 42.4 Å². The third kappa shape index (κ3) is 11.3. The number of carbonyl (C=O) groups excluding carboxylic acids is 6. The number of methoxy groups -OCH3 is 3. The first-order chi connectivity index (χ1) is 36.2. The highest BCUT2D eigenvalue weighted by atomic mass is 19.4. The van der Waals surface area contributed by atoms with Gasteiger partial charge in [0.1, 0.15) is 18.1 Å². The van der Waals surface area contributed by atoms with E-state index in [0.717, 1.165) is 92.7 Å². The lowest BCUT2D eigenvalue weighted by molar-refractivity contribution is -0.280. The smallest absolute Gasteiger partial charge is 0.432 e. The minimum Gasteiger partial charge on any atom is -0.459 e. The van der Waals surface area contributed by atoms with Crippen LogP contribution in [0.1, 0.15) is 46.5 Å². The number of halogens is 9. The summed E-state index contributed by atoms with van der Waals surface area (Å²) in [5, 5.41) is 3.99. The van der Waals surface area contributed by atoms with Gasteiger partial charge in [-0.15, -0.1) is 0 Å². The van der Waals surface area contributed by atoms with E-state index in [1.807, 2.05) is 5.32 Å². The van der Waals surface area contributed by atoms with Gasteiger partial charge in [-0.25, -0.2) is 14.4 Å². The molecule has 1 aliphatic rings. The standard InChI is InChI=1S/C53H47F9N2O13/c1-30-39(44(67)75-31(2)40(37(43(66)74-30)29-32-19-10-6-11-20-32)76-46(69)49(72-4,52(57,58)59)34-23-14-8-15-24-34)64-42(65)36-27-18-28-38(63-45(68)48(71-3,51(54,55)56)33-21-12-7-13-22-33)41(36)77-47(70)50(73-5,53(60,61)62)35-25-16-9-17-26-35/h6-28,30-31,37,39-40H,29H2,1-5H3,(H,63,68)(H,64,65)/t30-,31+,37-,39+,40+,48+,49+,50+/m1/s1. The molecular formula is C53H47F9N2O13. The van der Waals surface area contributed by atoms with Crippen molar-refractivity contribution in [2.24, 2.45) is 5.92 Å². The zero-order chi connectivity index (χ0) is 56.7. The molecule has 0 unspecified atom stereocenters. The van der Waals surface area contributed by atoms with Crippen molar-refractivity contribution in [1.82, 2.24) is 5.32 Å². The van der Waals surface area contributed by atoms with Crippen molar-refractivity contribution in [3.8, 4) is 5.75 Å². The summed E-state index contributed by atoms with van der Waals surface area (Å²) in [6.07, 6.45) is -23.1. The van der Waals surface area contributed by atoms with Crippen LogP contribution >= 0.6 is 0 Å². The number of carbonyl (C=O) groups is 6. The predicted octanol–water partition coefficient (Wildman–Crippen LogP) is 8.59. The number of amides is 2. The average molecular weight is 1090 g/mol. The van der Waals surface area contributed by atoms with Gasteiger partial charge < -0.3 is 43.8 Å². The van der Waals surface area contributed by atoms with Crippen molar-refractivity contribution >= 4 is 41.4 Å². The van der Waals surface area contributed by atoms with Gasteiger partial charge in [-0.2, -0.15) is 39.5 Å². The van der Waals surface area contributed by atoms with Crippen LogP contribution in [0.4, 0.5) is 45.2 Å². The fraction of sp³-hybridized carbons (Fsp3) is 0.321. The van der Waals surface area contributed by atoms with Gasteiger partial charge in [0.15, 0.2) is 17.9 Å². The number of rotatable bonds is 16. The molecule has 2 amide bonds. The van der Waals surface area contributed by atoms with Crippen LogP contribution in [-0.2, 0) is 75.6 Å². The molecule has 5 aromatic rings. The van der Waals surface area contributed by atoms with E-state index in [1.54, 1.807) is 18.2 Å². The van der Waals surface area contributed by atoms with Gasteiger partial charge in [-0.3, -0.25) is 14.4 Å². The second kappa shape index (κ2) is 23.2. The molecule has 0 bridgehead atoms. The van der Waals surface area contributed by atoms with E-state index in [1.165, 1.54) is 42.5 Å². The third-order valence-corrected chi connectivity index (χ3v) is 12.6. The normalized spacial score (nSPS) is 20.7. The van der Waals surface area contributed by atoms with Crippen LogP contribution in [0.3, 0.4) is 0 Å². The molecule has 1 aliphatic heterocycles. The maximum atomic E-state index is 15.2. The molecule has 1 heterocycles. The summed E-state index contributed by atoms with van der Waals surface area (Å²) >= 11 is 0. The molecule has 8 atom stereocenters. The van der Waals surface area contributed by atoms with E-state index in [9.17, 15) is 28.8 Å². The van der Waals surface area contributed by atoms with Gasteiger partial charge in [0.25, 0.3) is 28.6 Å². The summed E-state index contributed by atoms with van der Waals surface area (Å²) in [5.74, 6) is -14.1. The second-order valence-corrected chi connectivity index (χ2v) is 17.2. The zero-order valence-electron chi connectivity index (χ0n) is 41.1. The van der Waals surface area contributed by atoms with E-state index in [4.69, 9.17) is 33.2 Å². The highest BCUT2D eigenvalue weighted by molar-refractivity contribution is 6.06. The zero-order valence-corrected chi connectivity index (χ0v) is 41.1. The Labute approximate surface area is 432 Å². The molecule has 0 radical (unpaired) electrons. The summed E-state index contributed by atoms with van der Waals surface area (Å²) in [6, 6.07) is 23.9. The van der Waals surface area contributed by atoms with Crippen LogP contribution in [0, 0.1) is 5.92 Å². The number of hydrogen-bond acceptors (Lipinski definition) is 13. The molecule has 0 aromatic heterocycles. The van der Waals surface area contributed by atoms with Crippen molar-refractivity contribution in [2.45, 2.75) is 80.0 Å². The van der Waals surface area contributed by atoms with Crippen LogP contribution < -0.4 is 15.4 Å². The molecule has 0 aliphatic carbocycles. The third-order valence-electron chi connectivity index (χ3n) is 12.6. The van der Waals surface area contributed by atoms with Crippen LogP contribution in [0.2, 0.25) is 0 Å². The van der Waals surface area contributed by atoms with Crippen molar-refractivity contribution in [3.05, 3.63) is 167 Å². The van der Waals surface area contributed by atoms with Gasteiger partial charge in [0.05, 0.1) is 11.3 Å². The average Bonchev–Trinajstić information content (AvgIpc) is 3.46. The summed E-state index contributed by atoms with van der Waals surface area (Å²) in [6.45, 7) is 2.07. The monoisotopic (exact) mass is 1090 g/mol. The lowest BCUT2D eigenvalue weighted by Gasteiger charge is -2.36. The van der Waals surface area contributed by atoms with Crippen molar-refractivity contribution in [2.75, 3.05) is 26.6 Å². The Balaban J connectivity index is 1.45. The Bertz CT molecular complexity index is 2910. The number of ether oxygens (including phenoxy) is 7. The molecule has 1 saturated heterocycles. The molecule has 0 spiro atoms. The van der Waals surface area contributed by atoms with Crippen LogP contribution in [0.25, 0.3) is 0 Å². The quantitative estimate of drug-likeness (QED) is 0.0414. The number of nitrogens with one attached hydrogen (secondary N) is 2. The molecule has 0 saturated carbocycles. The highest BCUT2D eigenvalue weighted by Gasteiger charge is 2.67. The predicted molar refractivity (Wildman–Crippen MR) is 250 cm³/mol. The first-order valence-corrected chi connectivity index (χ1v) is 22.9. The van der Waals surface area contributed by atoms with Gasteiger partial charge in [0.2, 0.25) is 0 Å². The molecular weight excluding hydrogens is 1040 g/mol. The molecule has 410 valence electrons. The van der Waals surface area contributed by atoms with E-state index < -0.39 is 141 Å². The molecule has 15 nitrogen and oxygen atoms in total. The van der Waals surface area contributed by atoms with Gasteiger partial charge in [0, 0.05) is 38.0 Å². The Morgan fingerprint density at radius 3 is 1.42 bits per heavy atom. The van der Waals surface area contributed by atoms with Gasteiger partial charge in [-0.1, -0.05) is 127 Å². The van der Waals surface area contributed by atoms with Crippen LogP contribution in [0.5, 0.6) is 5.75 Å². The number of benzene rings is 5.